The first-order chi connectivity index (χ1) is 15.9. The summed E-state index contributed by atoms with van der Waals surface area (Å²) in [6.07, 6.45) is 1.44. The smallest absolute Gasteiger partial charge is 0.290 e. The Labute approximate surface area is 190 Å². The van der Waals surface area contributed by atoms with Crippen LogP contribution in [0.15, 0.2) is 53.5 Å². The van der Waals surface area contributed by atoms with Gasteiger partial charge in [-0.25, -0.2) is 0 Å². The number of aromatic amines is 1. The molecule has 3 N–H and O–H groups in total. The highest BCUT2D eigenvalue weighted by molar-refractivity contribution is 6.00. The molecule has 0 aliphatic carbocycles. The number of hydrogen-bond acceptors (Lipinski definition) is 7. The van der Waals surface area contributed by atoms with Crippen LogP contribution in [0.4, 0.5) is 0 Å². The molecule has 2 atom stereocenters. The summed E-state index contributed by atoms with van der Waals surface area (Å²) in [6.45, 7) is 4.00. The van der Waals surface area contributed by atoms with Crippen LogP contribution in [0.5, 0.6) is 11.5 Å². The number of para-hydroxylation sites is 1. The lowest BCUT2D eigenvalue weighted by molar-refractivity contribution is -0.140. The summed E-state index contributed by atoms with van der Waals surface area (Å²) in [5, 5.41) is 4.40. The van der Waals surface area contributed by atoms with Crippen LogP contribution >= 0.6 is 0 Å². The Morgan fingerprint density at radius 1 is 0.727 bits per heavy atom. The summed E-state index contributed by atoms with van der Waals surface area (Å²) in [5.74, 6) is -0.668. The molecule has 176 valence electrons. The Bertz CT molecular complexity index is 1020. The summed E-state index contributed by atoms with van der Waals surface area (Å²) in [4.78, 5) is 58.2. The molecule has 0 saturated carbocycles. The SMILES string of the molecule is CC.O=C1CCC(Oc2ccc[nH]c2=O)C(=O)N1.O=C1CCC(Oc2ccccc2)C(=O)N1. The molecule has 0 spiro atoms. The van der Waals surface area contributed by atoms with Crippen LogP contribution in [0.25, 0.3) is 0 Å². The van der Waals surface area contributed by atoms with E-state index in [-0.39, 0.29) is 29.9 Å². The van der Waals surface area contributed by atoms with Crippen LogP contribution in [-0.4, -0.2) is 40.8 Å². The Morgan fingerprint density at radius 2 is 1.27 bits per heavy atom. The molecule has 2 aliphatic heterocycles. The Hall–Kier alpha value is -3.95. The lowest BCUT2D eigenvalue weighted by Crippen LogP contribution is -2.46. The van der Waals surface area contributed by atoms with E-state index >= 15 is 0 Å². The van der Waals surface area contributed by atoms with Crippen molar-refractivity contribution in [2.24, 2.45) is 0 Å². The molecule has 33 heavy (non-hydrogen) atoms. The minimum atomic E-state index is -0.777. The van der Waals surface area contributed by atoms with Gasteiger partial charge < -0.3 is 14.5 Å². The summed E-state index contributed by atoms with van der Waals surface area (Å²) in [5.41, 5.74) is -0.396. The van der Waals surface area contributed by atoms with E-state index in [1.807, 2.05) is 32.0 Å². The number of H-pyrrole nitrogens is 1. The van der Waals surface area contributed by atoms with Crippen molar-refractivity contribution in [2.45, 2.75) is 51.7 Å². The maximum atomic E-state index is 11.4. The van der Waals surface area contributed by atoms with Gasteiger partial charge in [0.1, 0.15) is 5.75 Å². The van der Waals surface area contributed by atoms with Crippen LogP contribution in [0, 0.1) is 0 Å². The molecular formula is C23H27N3O7. The summed E-state index contributed by atoms with van der Waals surface area (Å²) >= 11 is 0. The van der Waals surface area contributed by atoms with Gasteiger partial charge in [0.05, 0.1) is 0 Å². The fraction of sp³-hybridized carbons (Fsp3) is 0.348. The van der Waals surface area contributed by atoms with E-state index in [9.17, 15) is 24.0 Å². The molecular weight excluding hydrogens is 430 g/mol. The number of rotatable bonds is 4. The Balaban J connectivity index is 0.000000218. The second-order valence-corrected chi connectivity index (χ2v) is 6.79. The number of aromatic nitrogens is 1. The van der Waals surface area contributed by atoms with Crippen LogP contribution in [-0.2, 0) is 19.2 Å². The third-order valence-electron chi connectivity index (χ3n) is 4.45. The zero-order valence-corrected chi connectivity index (χ0v) is 18.5. The number of carbonyl (C=O) groups is 4. The summed E-state index contributed by atoms with van der Waals surface area (Å²) in [7, 11) is 0. The summed E-state index contributed by atoms with van der Waals surface area (Å²) < 4.78 is 10.7. The number of nitrogens with one attached hydrogen (secondary N) is 3. The van der Waals surface area contributed by atoms with Crippen LogP contribution < -0.4 is 25.7 Å². The van der Waals surface area contributed by atoms with Gasteiger partial charge in [-0.3, -0.25) is 34.6 Å². The molecule has 2 fully saturated rings. The number of piperidine rings is 2. The monoisotopic (exact) mass is 457 g/mol. The Morgan fingerprint density at radius 3 is 1.79 bits per heavy atom. The van der Waals surface area contributed by atoms with Crippen LogP contribution in [0.2, 0.25) is 0 Å². The van der Waals surface area contributed by atoms with E-state index in [4.69, 9.17) is 9.47 Å². The zero-order valence-electron chi connectivity index (χ0n) is 18.5. The van der Waals surface area contributed by atoms with Crippen molar-refractivity contribution in [3.63, 3.8) is 0 Å². The van der Waals surface area contributed by atoms with Crippen molar-refractivity contribution in [1.29, 1.82) is 0 Å². The van der Waals surface area contributed by atoms with Crippen molar-refractivity contribution in [2.75, 3.05) is 0 Å². The predicted octanol–water partition coefficient (Wildman–Crippen LogP) is 1.46. The lowest BCUT2D eigenvalue weighted by atomic mass is 10.1. The van der Waals surface area contributed by atoms with Crippen LogP contribution in [0.3, 0.4) is 0 Å². The maximum Gasteiger partial charge on any atom is 0.290 e. The highest BCUT2D eigenvalue weighted by Crippen LogP contribution is 2.15. The van der Waals surface area contributed by atoms with E-state index in [1.54, 1.807) is 18.2 Å². The van der Waals surface area contributed by atoms with E-state index in [0.29, 0.717) is 25.0 Å². The zero-order chi connectivity index (χ0) is 24.2. The van der Waals surface area contributed by atoms with Crippen LogP contribution in [0.1, 0.15) is 39.5 Å². The highest BCUT2D eigenvalue weighted by Gasteiger charge is 2.29. The molecule has 0 radical (unpaired) electrons. The molecule has 0 bridgehead atoms. The number of ether oxygens (including phenoxy) is 2. The normalized spacial score (nSPS) is 19.6. The van der Waals surface area contributed by atoms with Crippen molar-refractivity contribution in [1.82, 2.24) is 15.6 Å². The van der Waals surface area contributed by atoms with Crippen molar-refractivity contribution >= 4 is 23.6 Å². The van der Waals surface area contributed by atoms with Crippen molar-refractivity contribution < 1.29 is 28.7 Å². The van der Waals surface area contributed by atoms with Gasteiger partial charge in [-0.2, -0.15) is 0 Å². The van der Waals surface area contributed by atoms with Gasteiger partial charge in [0, 0.05) is 31.9 Å². The second-order valence-electron chi connectivity index (χ2n) is 6.79. The Kier molecular flexibility index (Phi) is 9.81. The largest absolute Gasteiger partial charge is 0.481 e. The minimum absolute atomic E-state index is 0.0806. The molecule has 10 nitrogen and oxygen atoms in total. The maximum absolute atomic E-state index is 11.4. The van der Waals surface area contributed by atoms with Crippen molar-refractivity contribution in [3.8, 4) is 11.5 Å². The standard InChI is InChI=1S/C11H11NO3.C10H10N2O4.C2H6/c13-10-7-6-9(11(14)12-10)15-8-4-2-1-3-5-8;13-8-4-3-7(10(15)12-8)16-6-2-1-5-11-9(6)14;1-2/h1-5,9H,6-7H2,(H,12,13,14);1-2,5,7H,3-4H2,(H,11,14)(H,12,13,15);1-2H3. The molecule has 2 aromatic rings. The average Bonchev–Trinajstić information content (AvgIpc) is 2.81. The van der Waals surface area contributed by atoms with Gasteiger partial charge >= 0.3 is 0 Å². The van der Waals surface area contributed by atoms with Gasteiger partial charge in [-0.05, 0) is 24.3 Å². The van der Waals surface area contributed by atoms with Gasteiger partial charge in [-0.1, -0.05) is 32.0 Å². The second kappa shape index (κ2) is 12.8. The lowest BCUT2D eigenvalue weighted by Gasteiger charge is -2.21. The van der Waals surface area contributed by atoms with Gasteiger partial charge in [-0.15, -0.1) is 0 Å². The number of carbonyl (C=O) groups excluding carboxylic acids is 4. The topological polar surface area (TPSA) is 144 Å². The minimum Gasteiger partial charge on any atom is -0.481 e. The number of benzene rings is 1. The number of hydrogen-bond donors (Lipinski definition) is 3. The van der Waals surface area contributed by atoms with E-state index in [0.717, 1.165) is 0 Å². The third-order valence-corrected chi connectivity index (χ3v) is 4.45. The molecule has 10 heteroatoms. The highest BCUT2D eigenvalue weighted by atomic mass is 16.5. The summed E-state index contributed by atoms with van der Waals surface area (Å²) in [6, 6.07) is 12.2. The van der Waals surface area contributed by atoms with E-state index < -0.39 is 23.7 Å². The fourth-order valence-electron chi connectivity index (χ4n) is 2.89. The number of imide groups is 2. The molecule has 4 amide bonds. The first kappa shape index (κ1) is 25.3. The average molecular weight is 457 g/mol. The molecule has 1 aromatic carbocycles. The first-order valence-corrected chi connectivity index (χ1v) is 10.7. The third kappa shape index (κ3) is 7.91. The number of amides is 4. The van der Waals surface area contributed by atoms with E-state index in [2.05, 4.69) is 15.6 Å². The molecule has 2 aliphatic rings. The molecule has 3 heterocycles. The fourth-order valence-corrected chi connectivity index (χ4v) is 2.89. The van der Waals surface area contributed by atoms with E-state index in [1.165, 1.54) is 12.3 Å². The quantitative estimate of drug-likeness (QED) is 0.590. The van der Waals surface area contributed by atoms with Gasteiger partial charge in [0.25, 0.3) is 17.4 Å². The predicted molar refractivity (Wildman–Crippen MR) is 118 cm³/mol. The first-order valence-electron chi connectivity index (χ1n) is 10.7. The van der Waals surface area contributed by atoms with Crippen molar-refractivity contribution in [3.05, 3.63) is 59.0 Å². The molecule has 4 rings (SSSR count). The van der Waals surface area contributed by atoms with Gasteiger partial charge in [0.15, 0.2) is 18.0 Å². The molecule has 1 aromatic heterocycles. The molecule has 2 unspecified atom stereocenters. The molecule has 2 saturated heterocycles. The number of pyridine rings is 1. The van der Waals surface area contributed by atoms with Gasteiger partial charge in [0.2, 0.25) is 11.8 Å².